The van der Waals surface area contributed by atoms with Gasteiger partial charge in [-0.05, 0) is 30.2 Å². The topological polar surface area (TPSA) is 0 Å². The summed E-state index contributed by atoms with van der Waals surface area (Å²) in [7, 11) is 0. The zero-order valence-corrected chi connectivity index (χ0v) is 11.3. The van der Waals surface area contributed by atoms with Crippen LogP contribution in [0.2, 0.25) is 5.02 Å². The van der Waals surface area contributed by atoms with Crippen molar-refractivity contribution in [2.45, 2.75) is 30.8 Å². The smallest absolute Gasteiger partial charge is 0.218 e. The Morgan fingerprint density at radius 1 is 0.950 bits per heavy atom. The number of rotatable bonds is 2. The molecule has 0 fully saturated rings. The van der Waals surface area contributed by atoms with E-state index in [0.29, 0.717) is 6.07 Å². The van der Waals surface area contributed by atoms with Crippen molar-refractivity contribution in [1.29, 1.82) is 0 Å². The summed E-state index contributed by atoms with van der Waals surface area (Å²) >= 11 is 10.8. The Kier molecular flexibility index (Phi) is 4.56. The molecule has 0 aliphatic carbocycles. The van der Waals surface area contributed by atoms with Crippen LogP contribution in [0.1, 0.15) is 16.7 Å². The molecule has 1 aromatic rings. The molecule has 9 heteroatoms. The second-order valence-corrected chi connectivity index (χ2v) is 4.74. The fraction of sp³-hybridized carbons (Fsp3) is 0.455. The molecule has 0 aromatic heterocycles. The molecule has 0 heterocycles. The van der Waals surface area contributed by atoms with Crippen LogP contribution in [0.3, 0.4) is 0 Å². The lowest BCUT2D eigenvalue weighted by Crippen LogP contribution is -2.51. The van der Waals surface area contributed by atoms with E-state index >= 15 is 0 Å². The van der Waals surface area contributed by atoms with Crippen LogP contribution in [-0.4, -0.2) is 12.4 Å². The Labute approximate surface area is 119 Å². The second-order valence-electron chi connectivity index (χ2n) is 4.04. The third-order valence-electron chi connectivity index (χ3n) is 2.72. The summed E-state index contributed by atoms with van der Waals surface area (Å²) in [6.07, 6.45) is -12.4. The zero-order valence-electron chi connectivity index (χ0n) is 9.76. The molecular weight excluding hydrogens is 336 g/mol. The van der Waals surface area contributed by atoms with E-state index in [-0.39, 0.29) is 5.56 Å². The molecule has 1 aromatic carbocycles. The number of aryl methyl sites for hydroxylation is 1. The van der Waals surface area contributed by atoms with Crippen LogP contribution in [0.5, 0.6) is 0 Å². The van der Waals surface area contributed by atoms with E-state index in [2.05, 4.69) is 0 Å². The molecule has 20 heavy (non-hydrogen) atoms. The van der Waals surface area contributed by atoms with Gasteiger partial charge in [-0.1, -0.05) is 11.6 Å². The molecule has 0 spiro atoms. The van der Waals surface area contributed by atoms with Crippen molar-refractivity contribution in [3.63, 3.8) is 0 Å². The van der Waals surface area contributed by atoms with Gasteiger partial charge in [0.05, 0.1) is 0 Å². The van der Waals surface area contributed by atoms with E-state index in [1.807, 2.05) is 0 Å². The average molecular weight is 343 g/mol. The van der Waals surface area contributed by atoms with Crippen molar-refractivity contribution in [3.05, 3.63) is 33.8 Å². The van der Waals surface area contributed by atoms with Crippen molar-refractivity contribution in [2.75, 3.05) is 0 Å². The highest BCUT2D eigenvalue weighted by atomic mass is 35.5. The molecule has 0 saturated heterocycles. The van der Waals surface area contributed by atoms with Crippen LogP contribution in [0.15, 0.2) is 12.1 Å². The SMILES string of the molecule is Cc1cc(Cl)cc(C(F)(C(F)(F)F)C(F)(F)F)c1CCl. The number of benzene rings is 1. The Morgan fingerprint density at radius 3 is 1.75 bits per heavy atom. The zero-order chi connectivity index (χ0) is 15.9. The average Bonchev–Trinajstić information content (AvgIpc) is 2.23. The van der Waals surface area contributed by atoms with Crippen molar-refractivity contribution in [3.8, 4) is 0 Å². The van der Waals surface area contributed by atoms with E-state index in [0.717, 1.165) is 6.07 Å². The number of halogens is 9. The fourth-order valence-electron chi connectivity index (χ4n) is 1.72. The van der Waals surface area contributed by atoms with Crippen LogP contribution >= 0.6 is 23.2 Å². The molecule has 0 aliphatic rings. The van der Waals surface area contributed by atoms with Gasteiger partial charge in [0.25, 0.3) is 0 Å². The minimum Gasteiger partial charge on any atom is -0.218 e. The van der Waals surface area contributed by atoms with Crippen molar-refractivity contribution >= 4 is 23.2 Å². The first-order valence-electron chi connectivity index (χ1n) is 5.04. The molecule has 0 amide bonds. The minimum absolute atomic E-state index is 0.0574. The highest BCUT2D eigenvalue weighted by Crippen LogP contribution is 2.54. The Balaban J connectivity index is 3.77. The quantitative estimate of drug-likeness (QED) is 0.479. The molecule has 0 atom stereocenters. The first-order valence-corrected chi connectivity index (χ1v) is 5.95. The van der Waals surface area contributed by atoms with Crippen LogP contribution in [-0.2, 0) is 11.5 Å². The maximum Gasteiger partial charge on any atom is 0.435 e. The van der Waals surface area contributed by atoms with Crippen LogP contribution in [0, 0.1) is 6.92 Å². The summed E-state index contributed by atoms with van der Waals surface area (Å²) < 4.78 is 90.1. The monoisotopic (exact) mass is 342 g/mol. The van der Waals surface area contributed by atoms with Crippen LogP contribution in [0.25, 0.3) is 0 Å². The maximum atomic E-state index is 14.0. The lowest BCUT2D eigenvalue weighted by atomic mass is 9.88. The largest absolute Gasteiger partial charge is 0.435 e. The van der Waals surface area contributed by atoms with Gasteiger partial charge in [0, 0.05) is 16.5 Å². The summed E-state index contributed by atoms with van der Waals surface area (Å²) in [5, 5.41) is -0.443. The van der Waals surface area contributed by atoms with Gasteiger partial charge in [-0.3, -0.25) is 0 Å². The summed E-state index contributed by atoms with van der Waals surface area (Å²) in [5.74, 6) is -0.712. The summed E-state index contributed by atoms with van der Waals surface area (Å²) in [6.45, 7) is 1.19. The fourth-order valence-corrected chi connectivity index (χ4v) is 2.35. The molecule has 0 bridgehead atoms. The first-order chi connectivity index (χ1) is 8.86. The number of hydrogen-bond acceptors (Lipinski definition) is 0. The van der Waals surface area contributed by atoms with Gasteiger partial charge >= 0.3 is 18.0 Å². The number of hydrogen-bond donors (Lipinski definition) is 0. The highest BCUT2D eigenvalue weighted by molar-refractivity contribution is 6.30. The predicted molar refractivity (Wildman–Crippen MR) is 60.6 cm³/mol. The summed E-state index contributed by atoms with van der Waals surface area (Å²) in [6, 6.07) is 1.41. The summed E-state index contributed by atoms with van der Waals surface area (Å²) in [4.78, 5) is 0. The third kappa shape index (κ3) is 2.70. The molecule has 0 unspecified atom stereocenters. The van der Waals surface area contributed by atoms with E-state index in [4.69, 9.17) is 23.2 Å². The predicted octanol–water partition coefficient (Wildman–Crippen LogP) is 5.68. The lowest BCUT2D eigenvalue weighted by Gasteiger charge is -2.32. The van der Waals surface area contributed by atoms with E-state index in [1.165, 1.54) is 6.92 Å². The van der Waals surface area contributed by atoms with Gasteiger partial charge in [0.15, 0.2) is 0 Å². The third-order valence-corrected chi connectivity index (χ3v) is 3.21. The van der Waals surface area contributed by atoms with Gasteiger partial charge in [-0.25, -0.2) is 4.39 Å². The Morgan fingerprint density at radius 2 is 1.40 bits per heavy atom. The highest BCUT2D eigenvalue weighted by Gasteiger charge is 2.74. The van der Waals surface area contributed by atoms with E-state index in [1.54, 1.807) is 0 Å². The Bertz CT molecular complexity index is 491. The van der Waals surface area contributed by atoms with E-state index in [9.17, 15) is 30.7 Å². The summed E-state index contributed by atoms with van der Waals surface area (Å²) in [5.41, 5.74) is -7.80. The van der Waals surface area contributed by atoms with Crippen LogP contribution in [0.4, 0.5) is 30.7 Å². The maximum absolute atomic E-state index is 14.0. The first kappa shape index (κ1) is 17.4. The molecule has 0 radical (unpaired) electrons. The molecule has 114 valence electrons. The van der Waals surface area contributed by atoms with Crippen molar-refractivity contribution < 1.29 is 30.7 Å². The normalized spacial score (nSPS) is 13.7. The van der Waals surface area contributed by atoms with Crippen LogP contribution < -0.4 is 0 Å². The lowest BCUT2D eigenvalue weighted by molar-refractivity contribution is -0.348. The van der Waals surface area contributed by atoms with Crippen molar-refractivity contribution in [2.24, 2.45) is 0 Å². The van der Waals surface area contributed by atoms with Crippen molar-refractivity contribution in [1.82, 2.24) is 0 Å². The van der Waals surface area contributed by atoms with Gasteiger partial charge < -0.3 is 0 Å². The van der Waals surface area contributed by atoms with Gasteiger partial charge in [-0.2, -0.15) is 26.3 Å². The minimum atomic E-state index is -6.19. The standard InChI is InChI=1S/C11H7Cl2F7/c1-5-2-6(13)3-8(7(5)4-12)9(14,10(15,16)17)11(18,19)20/h2-3H,4H2,1H3. The molecular formula is C11H7Cl2F7. The molecule has 0 saturated carbocycles. The second kappa shape index (κ2) is 5.26. The van der Waals surface area contributed by atoms with Gasteiger partial charge in [0.1, 0.15) is 0 Å². The van der Waals surface area contributed by atoms with Gasteiger partial charge in [-0.15, -0.1) is 11.6 Å². The molecule has 0 aliphatic heterocycles. The molecule has 0 nitrogen and oxygen atoms in total. The molecule has 0 N–H and O–H groups in total. The number of alkyl halides is 8. The van der Waals surface area contributed by atoms with Gasteiger partial charge in [0.2, 0.25) is 0 Å². The molecule has 1 rings (SSSR count). The Hall–Kier alpha value is -0.690. The van der Waals surface area contributed by atoms with E-state index < -0.39 is 40.1 Å².